The highest BCUT2D eigenvalue weighted by Crippen LogP contribution is 2.09. The number of thiocarbonyl (C=S) groups is 1. The van der Waals surface area contributed by atoms with Crippen LogP contribution in [0.25, 0.3) is 0 Å². The van der Waals surface area contributed by atoms with Crippen molar-refractivity contribution in [1.82, 2.24) is 5.32 Å². The van der Waals surface area contributed by atoms with Gasteiger partial charge in [0, 0.05) is 5.69 Å². The van der Waals surface area contributed by atoms with Crippen LogP contribution in [0.5, 0.6) is 0 Å². The van der Waals surface area contributed by atoms with Crippen LogP contribution in [0.3, 0.4) is 0 Å². The lowest BCUT2D eigenvalue weighted by Crippen LogP contribution is -2.35. The molecule has 0 aliphatic carbocycles. The zero-order valence-electron chi connectivity index (χ0n) is 11.3. The third-order valence-electron chi connectivity index (χ3n) is 2.11. The van der Waals surface area contributed by atoms with Crippen LogP contribution >= 0.6 is 24.0 Å². The molecule has 0 saturated heterocycles. The molecule has 3 amide bonds. The highest BCUT2D eigenvalue weighted by Gasteiger charge is 2.09. The van der Waals surface area contributed by atoms with E-state index < -0.39 is 11.9 Å². The average Bonchev–Trinajstić information content (AvgIpc) is 2.36. The maximum Gasteiger partial charge on any atom is 0.325 e. The fourth-order valence-electron chi connectivity index (χ4n) is 1.33. The number of hydrogen-bond acceptors (Lipinski definition) is 5. The van der Waals surface area contributed by atoms with Gasteiger partial charge in [-0.25, -0.2) is 4.79 Å². The molecule has 1 aromatic carbocycles. The number of rotatable bonds is 4. The summed E-state index contributed by atoms with van der Waals surface area (Å²) < 4.78 is 5.31. The van der Waals surface area contributed by atoms with Gasteiger partial charge in [-0.15, -0.1) is 0 Å². The average molecular weight is 312 g/mol. The van der Waals surface area contributed by atoms with Crippen LogP contribution in [-0.2, 0) is 9.53 Å². The van der Waals surface area contributed by atoms with E-state index >= 15 is 0 Å². The third kappa shape index (κ3) is 6.53. The molecule has 0 radical (unpaired) electrons. The molecule has 0 saturated carbocycles. The van der Waals surface area contributed by atoms with Gasteiger partial charge in [0.25, 0.3) is 0 Å². The van der Waals surface area contributed by atoms with E-state index in [1.165, 1.54) is 0 Å². The fraction of sp³-hybridized carbons (Fsp3) is 0.308. The van der Waals surface area contributed by atoms with E-state index in [0.29, 0.717) is 16.7 Å². The minimum atomic E-state index is -0.566. The Hall–Kier alpha value is -1.60. The Bertz CT molecular complexity index is 506. The van der Waals surface area contributed by atoms with E-state index in [0.717, 1.165) is 17.3 Å². The summed E-state index contributed by atoms with van der Waals surface area (Å²) >= 11 is 5.94. The number of thioether (sulfide) groups is 1. The molecule has 7 heteroatoms. The SMILES string of the molecule is CCOC(=S)SCC(=O)NC(=O)Nc1cccc(C)c1. The Labute approximate surface area is 127 Å². The monoisotopic (exact) mass is 312 g/mol. The van der Waals surface area contributed by atoms with E-state index in [4.69, 9.17) is 17.0 Å². The van der Waals surface area contributed by atoms with Crippen LogP contribution in [0.4, 0.5) is 10.5 Å². The molecule has 0 aliphatic heterocycles. The summed E-state index contributed by atoms with van der Waals surface area (Å²) in [5.41, 5.74) is 1.65. The van der Waals surface area contributed by atoms with Crippen molar-refractivity contribution in [3.05, 3.63) is 29.8 Å². The summed E-state index contributed by atoms with van der Waals surface area (Å²) in [6.07, 6.45) is 0. The highest BCUT2D eigenvalue weighted by atomic mass is 32.2. The summed E-state index contributed by atoms with van der Waals surface area (Å²) in [7, 11) is 0. The number of imide groups is 1. The van der Waals surface area contributed by atoms with Gasteiger partial charge in [-0.05, 0) is 43.8 Å². The molecule has 0 heterocycles. The van der Waals surface area contributed by atoms with Gasteiger partial charge in [-0.2, -0.15) is 0 Å². The lowest BCUT2D eigenvalue weighted by atomic mass is 10.2. The number of benzene rings is 1. The minimum Gasteiger partial charge on any atom is -0.479 e. The minimum absolute atomic E-state index is 0.0417. The predicted molar refractivity (Wildman–Crippen MR) is 85.0 cm³/mol. The second-order valence-electron chi connectivity index (χ2n) is 3.84. The smallest absolute Gasteiger partial charge is 0.325 e. The van der Waals surface area contributed by atoms with E-state index in [9.17, 15) is 9.59 Å². The Morgan fingerprint density at radius 3 is 2.80 bits per heavy atom. The lowest BCUT2D eigenvalue weighted by Gasteiger charge is -2.07. The Morgan fingerprint density at radius 2 is 2.15 bits per heavy atom. The molecule has 0 bridgehead atoms. The summed E-state index contributed by atoms with van der Waals surface area (Å²) in [6, 6.07) is 6.73. The van der Waals surface area contributed by atoms with E-state index in [1.54, 1.807) is 6.07 Å². The van der Waals surface area contributed by atoms with Crippen molar-refractivity contribution in [2.24, 2.45) is 0 Å². The zero-order chi connectivity index (χ0) is 15.0. The summed E-state index contributed by atoms with van der Waals surface area (Å²) in [5.74, 6) is -0.387. The van der Waals surface area contributed by atoms with Crippen LogP contribution in [0.15, 0.2) is 24.3 Å². The molecule has 0 aromatic heterocycles. The Balaban J connectivity index is 2.35. The first-order valence-corrected chi connectivity index (χ1v) is 7.37. The fourth-order valence-corrected chi connectivity index (χ4v) is 2.15. The van der Waals surface area contributed by atoms with Crippen molar-refractivity contribution in [3.8, 4) is 0 Å². The topological polar surface area (TPSA) is 67.4 Å². The number of nitrogens with one attached hydrogen (secondary N) is 2. The number of ether oxygens (including phenoxy) is 1. The maximum absolute atomic E-state index is 11.6. The second-order valence-corrected chi connectivity index (χ2v) is 5.42. The van der Waals surface area contributed by atoms with Gasteiger partial charge in [0.1, 0.15) is 0 Å². The molecule has 1 aromatic rings. The summed E-state index contributed by atoms with van der Waals surface area (Å²) in [4.78, 5) is 23.1. The number of carbonyl (C=O) groups excluding carboxylic acids is 2. The first kappa shape index (κ1) is 16.5. The quantitative estimate of drug-likeness (QED) is 0.837. The van der Waals surface area contributed by atoms with Gasteiger partial charge in [0.2, 0.25) is 10.3 Å². The van der Waals surface area contributed by atoms with Crippen molar-refractivity contribution in [2.75, 3.05) is 17.7 Å². The van der Waals surface area contributed by atoms with Crippen LogP contribution in [0.1, 0.15) is 12.5 Å². The van der Waals surface area contributed by atoms with Gasteiger partial charge in [-0.3, -0.25) is 10.1 Å². The largest absolute Gasteiger partial charge is 0.479 e. The number of carbonyl (C=O) groups is 2. The molecular weight excluding hydrogens is 296 g/mol. The zero-order valence-corrected chi connectivity index (χ0v) is 12.9. The van der Waals surface area contributed by atoms with E-state index in [-0.39, 0.29) is 5.75 Å². The van der Waals surface area contributed by atoms with Gasteiger partial charge >= 0.3 is 6.03 Å². The first-order chi connectivity index (χ1) is 9.51. The molecule has 0 spiro atoms. The van der Waals surface area contributed by atoms with Crippen molar-refractivity contribution in [1.29, 1.82) is 0 Å². The lowest BCUT2D eigenvalue weighted by molar-refractivity contribution is -0.117. The van der Waals surface area contributed by atoms with Gasteiger partial charge in [-0.1, -0.05) is 23.9 Å². The molecule has 0 aliphatic rings. The highest BCUT2D eigenvalue weighted by molar-refractivity contribution is 8.23. The molecule has 108 valence electrons. The normalized spacial score (nSPS) is 9.70. The van der Waals surface area contributed by atoms with Crippen LogP contribution in [-0.4, -0.2) is 28.7 Å². The van der Waals surface area contributed by atoms with E-state index in [1.807, 2.05) is 32.0 Å². The first-order valence-electron chi connectivity index (χ1n) is 5.98. The predicted octanol–water partition coefficient (Wildman–Crippen LogP) is 2.70. The molecule has 20 heavy (non-hydrogen) atoms. The standard InChI is InChI=1S/C13H16N2O3S2/c1-3-18-13(19)20-8-11(16)15-12(17)14-10-6-4-5-9(2)7-10/h4-7H,3,8H2,1-2H3,(H2,14,15,16,17). The summed E-state index contributed by atoms with van der Waals surface area (Å²) in [6.45, 7) is 4.18. The molecule has 0 atom stereocenters. The van der Waals surface area contributed by atoms with Crippen molar-refractivity contribution in [3.63, 3.8) is 0 Å². The summed E-state index contributed by atoms with van der Waals surface area (Å²) in [5, 5.41) is 4.80. The molecule has 5 nitrogen and oxygen atoms in total. The van der Waals surface area contributed by atoms with Crippen molar-refractivity contribution < 1.29 is 14.3 Å². The third-order valence-corrected chi connectivity index (χ3v) is 3.34. The molecular formula is C13H16N2O3S2. The van der Waals surface area contributed by atoms with Crippen molar-refractivity contribution in [2.45, 2.75) is 13.8 Å². The van der Waals surface area contributed by atoms with Gasteiger partial charge in [0.05, 0.1) is 12.4 Å². The second kappa shape index (κ2) is 8.55. The number of anilines is 1. The van der Waals surface area contributed by atoms with Gasteiger partial charge < -0.3 is 10.1 Å². The number of urea groups is 1. The Kier molecular flexibility index (Phi) is 7.03. The molecule has 2 N–H and O–H groups in total. The number of aryl methyl sites for hydroxylation is 1. The molecule has 0 unspecified atom stereocenters. The number of amides is 3. The molecule has 0 fully saturated rings. The Morgan fingerprint density at radius 1 is 1.40 bits per heavy atom. The maximum atomic E-state index is 11.6. The molecule has 1 rings (SSSR count). The van der Waals surface area contributed by atoms with Crippen LogP contribution < -0.4 is 10.6 Å². The van der Waals surface area contributed by atoms with Gasteiger partial charge in [0.15, 0.2) is 0 Å². The van der Waals surface area contributed by atoms with Crippen LogP contribution in [0.2, 0.25) is 0 Å². The van der Waals surface area contributed by atoms with Crippen LogP contribution in [0, 0.1) is 6.92 Å². The number of hydrogen-bond donors (Lipinski definition) is 2. The van der Waals surface area contributed by atoms with E-state index in [2.05, 4.69) is 10.6 Å². The van der Waals surface area contributed by atoms with Crippen molar-refractivity contribution >= 4 is 46.0 Å².